The molecule has 0 radical (unpaired) electrons. The Kier molecular flexibility index (Phi) is 3.91. The van der Waals surface area contributed by atoms with E-state index in [-0.39, 0.29) is 0 Å². The minimum atomic E-state index is 0.378. The Labute approximate surface area is 101 Å². The van der Waals surface area contributed by atoms with Crippen molar-refractivity contribution in [3.63, 3.8) is 0 Å². The standard InChI is InChI=1S/C14H28N2/c1-10-6-11(2)8-14(7-10)16-5-4-13(9-16)12(3)15/h10-14H,4-9,15H2,1-3H3. The van der Waals surface area contributed by atoms with E-state index < -0.39 is 0 Å². The van der Waals surface area contributed by atoms with Gasteiger partial charge in [0.1, 0.15) is 0 Å². The SMILES string of the molecule is CC1CC(C)CC(N2CCC(C(C)N)C2)C1. The molecule has 1 aliphatic heterocycles. The van der Waals surface area contributed by atoms with E-state index in [1.165, 1.54) is 38.8 Å². The van der Waals surface area contributed by atoms with Gasteiger partial charge in [-0.2, -0.15) is 0 Å². The first-order valence-corrected chi connectivity index (χ1v) is 7.06. The number of nitrogens with two attached hydrogens (primary N) is 1. The molecule has 0 spiro atoms. The molecule has 0 aromatic heterocycles. The van der Waals surface area contributed by atoms with Crippen molar-refractivity contribution in [2.75, 3.05) is 13.1 Å². The Hall–Kier alpha value is -0.0800. The topological polar surface area (TPSA) is 29.3 Å². The van der Waals surface area contributed by atoms with Crippen LogP contribution in [0.25, 0.3) is 0 Å². The quantitative estimate of drug-likeness (QED) is 0.781. The molecule has 2 rings (SSSR count). The lowest BCUT2D eigenvalue weighted by molar-refractivity contribution is 0.127. The predicted molar refractivity (Wildman–Crippen MR) is 69.3 cm³/mol. The number of nitrogens with zero attached hydrogens (tertiary/aromatic N) is 1. The van der Waals surface area contributed by atoms with Crippen molar-refractivity contribution in [2.45, 2.75) is 58.5 Å². The summed E-state index contributed by atoms with van der Waals surface area (Å²) in [5, 5.41) is 0. The van der Waals surface area contributed by atoms with Gasteiger partial charge in [0.05, 0.1) is 0 Å². The molecule has 16 heavy (non-hydrogen) atoms. The zero-order valence-electron chi connectivity index (χ0n) is 11.2. The van der Waals surface area contributed by atoms with Crippen LogP contribution in [0.4, 0.5) is 0 Å². The van der Waals surface area contributed by atoms with Crippen LogP contribution in [-0.2, 0) is 0 Å². The van der Waals surface area contributed by atoms with Crippen LogP contribution in [0.15, 0.2) is 0 Å². The Morgan fingerprint density at radius 1 is 1.12 bits per heavy atom. The largest absolute Gasteiger partial charge is 0.328 e. The molecule has 2 N–H and O–H groups in total. The van der Waals surface area contributed by atoms with E-state index in [1.54, 1.807) is 0 Å². The summed E-state index contributed by atoms with van der Waals surface area (Å²) in [7, 11) is 0. The first kappa shape index (κ1) is 12.4. The predicted octanol–water partition coefficient (Wildman–Crippen LogP) is 2.48. The molecular weight excluding hydrogens is 196 g/mol. The van der Waals surface area contributed by atoms with Gasteiger partial charge in [0.25, 0.3) is 0 Å². The fourth-order valence-electron chi connectivity index (χ4n) is 3.78. The minimum Gasteiger partial charge on any atom is -0.328 e. The van der Waals surface area contributed by atoms with Gasteiger partial charge in [0.15, 0.2) is 0 Å². The highest BCUT2D eigenvalue weighted by molar-refractivity contribution is 4.88. The molecule has 94 valence electrons. The first-order chi connectivity index (χ1) is 7.56. The Morgan fingerprint density at radius 3 is 2.25 bits per heavy atom. The summed E-state index contributed by atoms with van der Waals surface area (Å²) < 4.78 is 0. The lowest BCUT2D eigenvalue weighted by atomic mass is 9.80. The monoisotopic (exact) mass is 224 g/mol. The van der Waals surface area contributed by atoms with Gasteiger partial charge in [-0.05, 0) is 56.9 Å². The van der Waals surface area contributed by atoms with E-state index >= 15 is 0 Å². The van der Waals surface area contributed by atoms with Crippen molar-refractivity contribution in [2.24, 2.45) is 23.5 Å². The van der Waals surface area contributed by atoms with Gasteiger partial charge in [-0.3, -0.25) is 0 Å². The summed E-state index contributed by atoms with van der Waals surface area (Å²) in [6, 6.07) is 1.23. The molecule has 2 aliphatic rings. The fourth-order valence-corrected chi connectivity index (χ4v) is 3.78. The van der Waals surface area contributed by atoms with E-state index in [0.717, 1.165) is 23.8 Å². The summed E-state index contributed by atoms with van der Waals surface area (Å²) in [5.74, 6) is 2.58. The van der Waals surface area contributed by atoms with Crippen molar-refractivity contribution in [3.8, 4) is 0 Å². The first-order valence-electron chi connectivity index (χ1n) is 7.06. The summed E-state index contributed by atoms with van der Waals surface area (Å²) >= 11 is 0. The van der Waals surface area contributed by atoms with Crippen LogP contribution in [0, 0.1) is 17.8 Å². The van der Waals surface area contributed by atoms with Crippen molar-refractivity contribution in [1.82, 2.24) is 4.90 Å². The normalized spacial score (nSPS) is 43.5. The molecule has 0 amide bonds. The van der Waals surface area contributed by atoms with Crippen LogP contribution >= 0.6 is 0 Å². The Balaban J connectivity index is 1.88. The number of rotatable bonds is 2. The van der Waals surface area contributed by atoms with Gasteiger partial charge in [-0.1, -0.05) is 13.8 Å². The number of hydrogen-bond donors (Lipinski definition) is 1. The van der Waals surface area contributed by atoms with E-state index in [9.17, 15) is 0 Å². The van der Waals surface area contributed by atoms with Gasteiger partial charge in [0.2, 0.25) is 0 Å². The maximum atomic E-state index is 6.02. The zero-order valence-corrected chi connectivity index (χ0v) is 11.2. The highest BCUT2D eigenvalue weighted by atomic mass is 15.2. The van der Waals surface area contributed by atoms with Gasteiger partial charge in [0, 0.05) is 18.6 Å². The molecule has 1 saturated heterocycles. The zero-order chi connectivity index (χ0) is 11.7. The lowest BCUT2D eigenvalue weighted by Gasteiger charge is -2.37. The third-order valence-electron chi connectivity index (χ3n) is 4.67. The van der Waals surface area contributed by atoms with Gasteiger partial charge < -0.3 is 10.6 Å². The molecule has 0 aromatic rings. The number of likely N-dealkylation sites (tertiary alicyclic amines) is 1. The maximum absolute atomic E-state index is 6.02. The van der Waals surface area contributed by atoms with Crippen LogP contribution in [-0.4, -0.2) is 30.1 Å². The van der Waals surface area contributed by atoms with Crippen LogP contribution in [0.2, 0.25) is 0 Å². The van der Waals surface area contributed by atoms with Crippen molar-refractivity contribution < 1.29 is 0 Å². The fraction of sp³-hybridized carbons (Fsp3) is 1.00. The molecule has 2 heteroatoms. The van der Waals surface area contributed by atoms with Gasteiger partial charge in [-0.25, -0.2) is 0 Å². The summed E-state index contributed by atoms with van der Waals surface area (Å²) in [5.41, 5.74) is 6.02. The smallest absolute Gasteiger partial charge is 0.0100 e. The van der Waals surface area contributed by atoms with E-state index in [1.807, 2.05) is 0 Å². The molecule has 1 aliphatic carbocycles. The highest BCUT2D eigenvalue weighted by Crippen LogP contribution is 2.34. The second-order valence-electron chi connectivity index (χ2n) is 6.47. The van der Waals surface area contributed by atoms with Crippen LogP contribution < -0.4 is 5.73 Å². The van der Waals surface area contributed by atoms with E-state index in [0.29, 0.717) is 6.04 Å². The molecule has 0 aromatic carbocycles. The summed E-state index contributed by atoms with van der Waals surface area (Å²) in [6.45, 7) is 9.54. The lowest BCUT2D eigenvalue weighted by Crippen LogP contribution is -2.40. The van der Waals surface area contributed by atoms with Crippen molar-refractivity contribution in [1.29, 1.82) is 0 Å². The molecule has 2 fully saturated rings. The molecule has 1 heterocycles. The molecule has 4 unspecified atom stereocenters. The molecule has 0 bridgehead atoms. The second kappa shape index (κ2) is 5.05. The minimum absolute atomic E-state index is 0.378. The van der Waals surface area contributed by atoms with Crippen LogP contribution in [0.5, 0.6) is 0 Å². The molecule has 1 saturated carbocycles. The average Bonchev–Trinajstić information content (AvgIpc) is 2.64. The molecule has 4 atom stereocenters. The molecule has 2 nitrogen and oxygen atoms in total. The van der Waals surface area contributed by atoms with Crippen molar-refractivity contribution in [3.05, 3.63) is 0 Å². The average molecular weight is 224 g/mol. The van der Waals surface area contributed by atoms with Crippen molar-refractivity contribution >= 4 is 0 Å². The Bertz CT molecular complexity index is 217. The van der Waals surface area contributed by atoms with E-state index in [4.69, 9.17) is 5.73 Å². The second-order valence-corrected chi connectivity index (χ2v) is 6.47. The van der Waals surface area contributed by atoms with E-state index in [2.05, 4.69) is 25.7 Å². The maximum Gasteiger partial charge on any atom is 0.0100 e. The third-order valence-corrected chi connectivity index (χ3v) is 4.67. The number of hydrogen-bond acceptors (Lipinski definition) is 2. The van der Waals surface area contributed by atoms with Crippen LogP contribution in [0.1, 0.15) is 46.5 Å². The van der Waals surface area contributed by atoms with Gasteiger partial charge >= 0.3 is 0 Å². The summed E-state index contributed by atoms with van der Waals surface area (Å²) in [6.07, 6.45) is 5.57. The third kappa shape index (κ3) is 2.78. The molecular formula is C14H28N2. The summed E-state index contributed by atoms with van der Waals surface area (Å²) in [4.78, 5) is 2.72. The highest BCUT2D eigenvalue weighted by Gasteiger charge is 2.33. The van der Waals surface area contributed by atoms with Crippen LogP contribution in [0.3, 0.4) is 0 Å². The van der Waals surface area contributed by atoms with Gasteiger partial charge in [-0.15, -0.1) is 0 Å². The Morgan fingerprint density at radius 2 is 1.75 bits per heavy atom.